The third kappa shape index (κ3) is 2.46. The van der Waals surface area contributed by atoms with Crippen molar-refractivity contribution >= 4 is 21.7 Å². The van der Waals surface area contributed by atoms with Gasteiger partial charge in [0, 0.05) is 15.1 Å². The first-order valence-corrected chi connectivity index (χ1v) is 5.42. The Hall–Kier alpha value is -1.69. The number of aromatic nitrogens is 3. The highest BCUT2D eigenvalue weighted by molar-refractivity contribution is 9.10. The van der Waals surface area contributed by atoms with E-state index in [0.29, 0.717) is 5.56 Å². The zero-order valence-electron chi connectivity index (χ0n) is 8.38. The summed E-state index contributed by atoms with van der Waals surface area (Å²) in [5.41, 5.74) is 0.655. The molecule has 2 rings (SSSR count). The lowest BCUT2D eigenvalue weighted by Crippen LogP contribution is -2.42. The average Bonchev–Trinajstić information content (AvgIpc) is 2.65. The summed E-state index contributed by atoms with van der Waals surface area (Å²) in [6.07, 6.45) is 2.99. The van der Waals surface area contributed by atoms with Gasteiger partial charge in [-0.15, -0.1) is 9.36 Å². The summed E-state index contributed by atoms with van der Waals surface area (Å²) in [5, 5.41) is 3.92. The number of Topliss-reactive ketones (excluding diaryl/α,β-unsaturated/α-hetero) is 1. The van der Waals surface area contributed by atoms with Crippen LogP contribution in [0.25, 0.3) is 0 Å². The number of ketones is 1. The van der Waals surface area contributed by atoms with E-state index in [2.05, 4.69) is 21.0 Å². The first-order chi connectivity index (χ1) is 7.65. The van der Waals surface area contributed by atoms with Gasteiger partial charge in [-0.3, -0.25) is 10.6 Å². The van der Waals surface area contributed by atoms with Gasteiger partial charge in [0.15, 0.2) is 12.3 Å². The van der Waals surface area contributed by atoms with Gasteiger partial charge >= 0.3 is 0 Å². The van der Waals surface area contributed by atoms with Gasteiger partial charge in [0.25, 0.3) is 6.33 Å². The molecular weight excluding hydrogens is 272 g/mol. The largest absolute Gasteiger partial charge is 0.290 e. The Morgan fingerprint density at radius 2 is 2.12 bits per heavy atom. The zero-order chi connectivity index (χ0) is 11.5. The zero-order valence-corrected chi connectivity index (χ0v) is 9.96. The Balaban J connectivity index is 2.11. The van der Waals surface area contributed by atoms with E-state index in [1.165, 1.54) is 15.7 Å². The molecule has 1 aromatic heterocycles. The van der Waals surface area contributed by atoms with Gasteiger partial charge in [0.2, 0.25) is 6.33 Å². The molecule has 1 aromatic carbocycles. The van der Waals surface area contributed by atoms with E-state index in [4.69, 9.17) is 5.84 Å². The number of nitrogens with two attached hydrogens (primary N) is 1. The number of nitrogen functional groups attached to an aromatic ring is 1. The molecule has 0 radical (unpaired) electrons. The van der Waals surface area contributed by atoms with E-state index < -0.39 is 0 Å². The van der Waals surface area contributed by atoms with Gasteiger partial charge < -0.3 is 0 Å². The standard InChI is InChI=1S/C10H10BrN4O/c11-9-3-1-8(2-4-9)10(16)5-15-7-14(12)6-13-15/h1-4,6-7H,5,12H2/q+1. The van der Waals surface area contributed by atoms with Crippen LogP contribution < -0.4 is 10.5 Å². The molecular formula is C10H10BrN4O+. The summed E-state index contributed by atoms with van der Waals surface area (Å²) in [5.74, 6) is 5.43. The van der Waals surface area contributed by atoms with Gasteiger partial charge in [0.1, 0.15) is 0 Å². The summed E-state index contributed by atoms with van der Waals surface area (Å²) in [7, 11) is 0. The van der Waals surface area contributed by atoms with Gasteiger partial charge in [0.05, 0.1) is 0 Å². The van der Waals surface area contributed by atoms with Crippen molar-refractivity contribution in [1.82, 2.24) is 9.78 Å². The van der Waals surface area contributed by atoms with Crippen LogP contribution in [0.2, 0.25) is 0 Å². The fraction of sp³-hybridized carbons (Fsp3) is 0.100. The van der Waals surface area contributed by atoms with Crippen LogP contribution in [-0.2, 0) is 6.54 Å². The molecule has 5 nitrogen and oxygen atoms in total. The molecule has 0 unspecified atom stereocenters. The molecule has 0 bridgehead atoms. The van der Waals surface area contributed by atoms with Crippen LogP contribution in [0.5, 0.6) is 0 Å². The van der Waals surface area contributed by atoms with Crippen molar-refractivity contribution in [3.8, 4) is 0 Å². The highest BCUT2D eigenvalue weighted by Crippen LogP contribution is 2.11. The van der Waals surface area contributed by atoms with Crippen LogP contribution in [0.1, 0.15) is 10.4 Å². The lowest BCUT2D eigenvalue weighted by atomic mass is 10.1. The Bertz CT molecular complexity index is 506. The molecule has 1 heterocycles. The normalized spacial score (nSPS) is 10.3. The van der Waals surface area contributed by atoms with E-state index in [-0.39, 0.29) is 12.3 Å². The van der Waals surface area contributed by atoms with Crippen LogP contribution in [0.15, 0.2) is 41.4 Å². The molecule has 0 atom stereocenters. The third-order valence-corrected chi connectivity index (χ3v) is 2.60. The second-order valence-electron chi connectivity index (χ2n) is 3.32. The van der Waals surface area contributed by atoms with Crippen molar-refractivity contribution in [2.24, 2.45) is 0 Å². The minimum atomic E-state index is -0.00352. The molecule has 6 heteroatoms. The van der Waals surface area contributed by atoms with E-state index >= 15 is 0 Å². The number of rotatable bonds is 3. The fourth-order valence-electron chi connectivity index (χ4n) is 1.30. The summed E-state index contributed by atoms with van der Waals surface area (Å²) >= 11 is 3.32. The molecule has 16 heavy (non-hydrogen) atoms. The van der Waals surface area contributed by atoms with E-state index in [0.717, 1.165) is 4.47 Å². The van der Waals surface area contributed by atoms with E-state index in [9.17, 15) is 4.79 Å². The first kappa shape index (κ1) is 10.8. The maximum Gasteiger partial charge on any atom is 0.286 e. The predicted octanol–water partition coefficient (Wildman–Crippen LogP) is 0.530. The van der Waals surface area contributed by atoms with Gasteiger partial charge in [-0.25, -0.2) is 0 Å². The molecule has 0 saturated carbocycles. The maximum atomic E-state index is 11.8. The monoisotopic (exact) mass is 281 g/mol. The molecule has 82 valence electrons. The van der Waals surface area contributed by atoms with Crippen LogP contribution in [0, 0.1) is 0 Å². The minimum Gasteiger partial charge on any atom is -0.290 e. The number of halogens is 1. The van der Waals surface area contributed by atoms with Crippen molar-refractivity contribution in [3.05, 3.63) is 47.0 Å². The lowest BCUT2D eigenvalue weighted by molar-refractivity contribution is -0.639. The van der Waals surface area contributed by atoms with Crippen LogP contribution in [0.4, 0.5) is 0 Å². The third-order valence-electron chi connectivity index (χ3n) is 2.07. The summed E-state index contributed by atoms with van der Waals surface area (Å²) in [6, 6.07) is 7.21. The topological polar surface area (TPSA) is 64.8 Å². The van der Waals surface area contributed by atoms with Crippen molar-refractivity contribution in [2.75, 3.05) is 5.84 Å². The van der Waals surface area contributed by atoms with Crippen molar-refractivity contribution < 1.29 is 9.47 Å². The van der Waals surface area contributed by atoms with Gasteiger partial charge in [-0.05, 0) is 12.1 Å². The number of hydrogen-bond donors (Lipinski definition) is 1. The SMILES string of the molecule is N[n+]1cnn(CC(=O)c2ccc(Br)cc2)c1. The summed E-state index contributed by atoms with van der Waals surface area (Å²) in [6.45, 7) is 0.186. The summed E-state index contributed by atoms with van der Waals surface area (Å²) < 4.78 is 3.74. The minimum absolute atomic E-state index is 0.00352. The molecule has 0 aliphatic heterocycles. The van der Waals surface area contributed by atoms with Gasteiger partial charge in [-0.1, -0.05) is 28.1 Å². The Morgan fingerprint density at radius 3 is 2.69 bits per heavy atom. The molecule has 2 N–H and O–H groups in total. The van der Waals surface area contributed by atoms with Crippen molar-refractivity contribution in [1.29, 1.82) is 0 Å². The molecule has 2 aromatic rings. The van der Waals surface area contributed by atoms with Crippen LogP contribution >= 0.6 is 15.9 Å². The van der Waals surface area contributed by atoms with Gasteiger partial charge in [-0.2, -0.15) is 0 Å². The molecule has 0 amide bonds. The number of hydrogen-bond acceptors (Lipinski definition) is 3. The quantitative estimate of drug-likeness (QED) is 0.507. The lowest BCUT2D eigenvalue weighted by Gasteiger charge is -1.97. The average molecular weight is 282 g/mol. The fourth-order valence-corrected chi connectivity index (χ4v) is 1.56. The Morgan fingerprint density at radius 1 is 1.44 bits per heavy atom. The molecule has 0 saturated heterocycles. The highest BCUT2D eigenvalue weighted by Gasteiger charge is 2.11. The number of nitrogens with zero attached hydrogens (tertiary/aromatic N) is 3. The molecule has 0 fully saturated rings. The van der Waals surface area contributed by atoms with Crippen LogP contribution in [0.3, 0.4) is 0 Å². The molecule has 0 aliphatic rings. The molecule has 0 spiro atoms. The van der Waals surface area contributed by atoms with Crippen molar-refractivity contribution in [3.63, 3.8) is 0 Å². The Kier molecular flexibility index (Phi) is 3.00. The number of benzene rings is 1. The maximum absolute atomic E-state index is 11.8. The van der Waals surface area contributed by atoms with Crippen LogP contribution in [-0.4, -0.2) is 15.6 Å². The smallest absolute Gasteiger partial charge is 0.286 e. The molecule has 0 aliphatic carbocycles. The summed E-state index contributed by atoms with van der Waals surface area (Å²) in [4.78, 5) is 11.8. The highest BCUT2D eigenvalue weighted by atomic mass is 79.9. The van der Waals surface area contributed by atoms with Crippen molar-refractivity contribution in [2.45, 2.75) is 6.54 Å². The van der Waals surface area contributed by atoms with E-state index in [1.807, 2.05) is 12.1 Å². The number of carbonyl (C=O) groups excluding carboxylic acids is 1. The second kappa shape index (κ2) is 4.44. The van der Waals surface area contributed by atoms with E-state index in [1.54, 1.807) is 18.5 Å². The first-order valence-electron chi connectivity index (χ1n) is 4.63. The number of carbonyl (C=O) groups is 1. The Labute approximate surface area is 101 Å². The predicted molar refractivity (Wildman–Crippen MR) is 61.0 cm³/mol. The second-order valence-corrected chi connectivity index (χ2v) is 4.24.